The van der Waals surface area contributed by atoms with Crippen LogP contribution in [0.3, 0.4) is 0 Å². The minimum Gasteiger partial charge on any atom is -0.384 e. The van der Waals surface area contributed by atoms with Crippen LogP contribution in [-0.2, 0) is 22.7 Å². The maximum absolute atomic E-state index is 13.3. The number of nitrogens with one attached hydrogen (secondary N) is 1. The third-order valence-corrected chi connectivity index (χ3v) is 7.21. The first kappa shape index (κ1) is 22.0. The van der Waals surface area contributed by atoms with Gasteiger partial charge in [0.1, 0.15) is 0 Å². The van der Waals surface area contributed by atoms with Crippen molar-refractivity contribution in [3.8, 4) is 0 Å². The van der Waals surface area contributed by atoms with Crippen LogP contribution in [0.4, 0.5) is 5.69 Å². The van der Waals surface area contributed by atoms with Gasteiger partial charge in [-0.05, 0) is 54.5 Å². The molecule has 1 heterocycles. The fourth-order valence-corrected chi connectivity index (χ4v) is 5.24. The van der Waals surface area contributed by atoms with Crippen molar-refractivity contribution < 1.29 is 13.2 Å². The second kappa shape index (κ2) is 9.96. The lowest BCUT2D eigenvalue weighted by atomic mass is 9.90. The Balaban J connectivity index is 1.59. The first-order valence-corrected chi connectivity index (χ1v) is 12.5. The second-order valence-corrected chi connectivity index (χ2v) is 9.97. The van der Waals surface area contributed by atoms with Crippen molar-refractivity contribution in [2.24, 2.45) is 5.92 Å². The summed E-state index contributed by atoms with van der Waals surface area (Å²) >= 11 is 0. The first-order chi connectivity index (χ1) is 15.5. The standard InChI is InChI=1S/C27H27NO3S/c29-26(25-15-7-11-23-12-8-17-28-27(23)25)20-22(19-21-9-3-1-4-10-21)16-18-32(30,31)24-13-5-2-6-14-24/h1-7,9-11,13-16,18,22,28H,8,12,17,19-20H2/b18-16+/t22-/m1/s1. The maximum Gasteiger partial charge on any atom is 0.199 e. The molecule has 0 spiro atoms. The van der Waals surface area contributed by atoms with Crippen molar-refractivity contribution in [2.75, 3.05) is 11.9 Å². The summed E-state index contributed by atoms with van der Waals surface area (Å²) in [5, 5.41) is 4.63. The molecule has 3 aromatic rings. The smallest absolute Gasteiger partial charge is 0.199 e. The van der Waals surface area contributed by atoms with E-state index in [0.29, 0.717) is 12.0 Å². The molecule has 32 heavy (non-hydrogen) atoms. The molecule has 0 saturated carbocycles. The number of carbonyl (C=O) groups is 1. The highest BCUT2D eigenvalue weighted by Crippen LogP contribution is 2.29. The van der Waals surface area contributed by atoms with Gasteiger partial charge in [0.05, 0.1) is 4.90 Å². The number of allylic oxidation sites excluding steroid dienone is 1. The van der Waals surface area contributed by atoms with E-state index in [0.717, 1.165) is 30.6 Å². The van der Waals surface area contributed by atoms with Gasteiger partial charge in [0, 0.05) is 29.6 Å². The van der Waals surface area contributed by atoms with Crippen LogP contribution in [0.5, 0.6) is 0 Å². The van der Waals surface area contributed by atoms with E-state index in [9.17, 15) is 13.2 Å². The molecule has 4 nitrogen and oxygen atoms in total. The average molecular weight is 446 g/mol. The van der Waals surface area contributed by atoms with Gasteiger partial charge in [0.15, 0.2) is 15.6 Å². The molecule has 0 aliphatic carbocycles. The van der Waals surface area contributed by atoms with Crippen molar-refractivity contribution >= 4 is 21.3 Å². The number of benzene rings is 3. The molecule has 1 N–H and O–H groups in total. The summed E-state index contributed by atoms with van der Waals surface area (Å²) in [4.78, 5) is 13.5. The molecule has 1 aliphatic heterocycles. The number of para-hydroxylation sites is 1. The molecule has 0 fully saturated rings. The average Bonchev–Trinajstić information content (AvgIpc) is 2.83. The molecule has 5 heteroatoms. The molecule has 0 aromatic heterocycles. The molecule has 1 atom stereocenters. The van der Waals surface area contributed by atoms with E-state index in [-0.39, 0.29) is 23.0 Å². The summed E-state index contributed by atoms with van der Waals surface area (Å²) in [5.41, 5.74) is 3.87. The predicted octanol–water partition coefficient (Wildman–Crippen LogP) is 5.46. The largest absolute Gasteiger partial charge is 0.384 e. The lowest BCUT2D eigenvalue weighted by molar-refractivity contribution is 0.0970. The van der Waals surface area contributed by atoms with E-state index in [4.69, 9.17) is 0 Å². The van der Waals surface area contributed by atoms with Gasteiger partial charge >= 0.3 is 0 Å². The van der Waals surface area contributed by atoms with Gasteiger partial charge in [-0.2, -0.15) is 0 Å². The first-order valence-electron chi connectivity index (χ1n) is 10.9. The van der Waals surface area contributed by atoms with E-state index in [1.165, 1.54) is 11.0 Å². The minimum absolute atomic E-state index is 0.0268. The van der Waals surface area contributed by atoms with E-state index < -0.39 is 9.84 Å². The van der Waals surface area contributed by atoms with E-state index in [1.807, 2.05) is 42.5 Å². The van der Waals surface area contributed by atoms with Crippen molar-refractivity contribution in [1.29, 1.82) is 0 Å². The summed E-state index contributed by atoms with van der Waals surface area (Å²) in [6.07, 6.45) is 4.53. The van der Waals surface area contributed by atoms with Crippen LogP contribution in [0.2, 0.25) is 0 Å². The number of ketones is 1. The van der Waals surface area contributed by atoms with Crippen molar-refractivity contribution in [2.45, 2.75) is 30.6 Å². The molecule has 0 radical (unpaired) electrons. The number of hydrogen-bond donors (Lipinski definition) is 1. The van der Waals surface area contributed by atoms with Gasteiger partial charge in [-0.25, -0.2) is 8.42 Å². The summed E-state index contributed by atoms with van der Waals surface area (Å²) < 4.78 is 25.5. The second-order valence-electron chi connectivity index (χ2n) is 8.13. The highest BCUT2D eigenvalue weighted by Gasteiger charge is 2.21. The van der Waals surface area contributed by atoms with Crippen molar-refractivity contribution in [3.63, 3.8) is 0 Å². The molecule has 164 valence electrons. The molecular weight excluding hydrogens is 418 g/mol. The topological polar surface area (TPSA) is 63.2 Å². The third kappa shape index (κ3) is 5.35. The molecule has 0 unspecified atom stereocenters. The molecule has 0 saturated heterocycles. The number of carbonyl (C=O) groups excluding carboxylic acids is 1. The minimum atomic E-state index is -3.57. The van der Waals surface area contributed by atoms with Gasteiger partial charge in [0.25, 0.3) is 0 Å². The normalized spacial score (nSPS) is 14.5. The zero-order valence-corrected chi connectivity index (χ0v) is 18.7. The fourth-order valence-electron chi connectivity index (χ4n) is 4.12. The number of Topliss-reactive ketones (excluding diaryl/α,β-unsaturated/α-hetero) is 1. The molecular formula is C27H27NO3S. The number of aryl methyl sites for hydroxylation is 1. The van der Waals surface area contributed by atoms with Crippen LogP contribution >= 0.6 is 0 Å². The highest BCUT2D eigenvalue weighted by atomic mass is 32.2. The summed E-state index contributed by atoms with van der Waals surface area (Å²) in [6, 6.07) is 24.1. The number of sulfone groups is 1. The van der Waals surface area contributed by atoms with Crippen molar-refractivity contribution in [1.82, 2.24) is 0 Å². The van der Waals surface area contributed by atoms with Gasteiger partial charge < -0.3 is 5.32 Å². The molecule has 0 amide bonds. The number of hydrogen-bond acceptors (Lipinski definition) is 4. The van der Waals surface area contributed by atoms with E-state index in [2.05, 4.69) is 11.4 Å². The summed E-state index contributed by atoms with van der Waals surface area (Å²) in [7, 11) is -3.57. The van der Waals surface area contributed by atoms with E-state index >= 15 is 0 Å². The van der Waals surface area contributed by atoms with Crippen LogP contribution in [0.25, 0.3) is 0 Å². The Morgan fingerprint density at radius 2 is 1.66 bits per heavy atom. The Labute approximate surface area is 189 Å². The predicted molar refractivity (Wildman–Crippen MR) is 129 cm³/mol. The van der Waals surface area contributed by atoms with Crippen LogP contribution in [0, 0.1) is 5.92 Å². The van der Waals surface area contributed by atoms with Crippen LogP contribution in [0.15, 0.2) is 95.2 Å². The molecule has 1 aliphatic rings. The number of rotatable bonds is 8. The van der Waals surface area contributed by atoms with Gasteiger partial charge in [-0.3, -0.25) is 4.79 Å². The lowest BCUT2D eigenvalue weighted by Gasteiger charge is -2.21. The fraction of sp³-hybridized carbons (Fsp3) is 0.222. The maximum atomic E-state index is 13.3. The Morgan fingerprint density at radius 3 is 2.41 bits per heavy atom. The monoisotopic (exact) mass is 445 g/mol. The third-order valence-electron chi connectivity index (χ3n) is 5.77. The molecule has 4 rings (SSSR count). The summed E-state index contributed by atoms with van der Waals surface area (Å²) in [5.74, 6) is -0.207. The van der Waals surface area contributed by atoms with E-state index in [1.54, 1.807) is 36.4 Å². The quantitative estimate of drug-likeness (QED) is 0.468. The Morgan fingerprint density at radius 1 is 0.938 bits per heavy atom. The number of anilines is 1. The van der Waals surface area contributed by atoms with Gasteiger partial charge in [-0.1, -0.05) is 66.7 Å². The Bertz CT molecular complexity index is 1200. The summed E-state index contributed by atoms with van der Waals surface area (Å²) in [6.45, 7) is 0.861. The molecule has 0 bridgehead atoms. The molecule has 3 aromatic carbocycles. The van der Waals surface area contributed by atoms with Crippen LogP contribution < -0.4 is 5.32 Å². The zero-order chi connectivity index (χ0) is 22.4. The van der Waals surface area contributed by atoms with Gasteiger partial charge in [0.2, 0.25) is 0 Å². The number of fused-ring (bicyclic) bond motifs is 1. The Hall–Kier alpha value is -3.18. The zero-order valence-electron chi connectivity index (χ0n) is 17.9. The lowest BCUT2D eigenvalue weighted by Crippen LogP contribution is -2.17. The van der Waals surface area contributed by atoms with Crippen LogP contribution in [0.1, 0.15) is 34.3 Å². The SMILES string of the molecule is O=C(C[C@H](/C=C/S(=O)(=O)c1ccccc1)Cc1ccccc1)c1cccc2c1NCCC2. The highest BCUT2D eigenvalue weighted by molar-refractivity contribution is 7.94. The van der Waals surface area contributed by atoms with Crippen LogP contribution in [-0.4, -0.2) is 20.7 Å². The van der Waals surface area contributed by atoms with Crippen molar-refractivity contribution in [3.05, 3.63) is 107 Å². The Kier molecular flexibility index (Phi) is 6.86. The van der Waals surface area contributed by atoms with Gasteiger partial charge in [-0.15, -0.1) is 0 Å².